The molecule has 0 aliphatic carbocycles. The Labute approximate surface area is 50.0 Å². The number of rotatable bonds is 1. The van der Waals surface area contributed by atoms with Gasteiger partial charge < -0.3 is 10.6 Å². The van der Waals surface area contributed by atoms with Gasteiger partial charge in [-0.3, -0.25) is 0 Å². The smallest absolute Gasteiger partial charge is 0.0395 e. The third kappa shape index (κ3) is 0.842. The summed E-state index contributed by atoms with van der Waals surface area (Å²) in [7, 11) is 0. The van der Waals surface area contributed by atoms with E-state index in [-0.39, 0.29) is 0 Å². The molecule has 2 heteroatoms. The molecule has 1 heterocycles. The molecule has 0 aromatic heterocycles. The molecule has 0 bridgehead atoms. The lowest BCUT2D eigenvalue weighted by Gasteiger charge is -2.38. The summed E-state index contributed by atoms with van der Waals surface area (Å²) in [6.07, 6.45) is 0. The van der Waals surface area contributed by atoms with Gasteiger partial charge in [0.2, 0.25) is 0 Å². The number of hydrogen-bond donors (Lipinski definition) is 1. The van der Waals surface area contributed by atoms with Gasteiger partial charge in [0.05, 0.1) is 0 Å². The molecule has 46 valence electrons. The fraction of sp³-hybridized carbons (Fsp3) is 0.667. The van der Waals surface area contributed by atoms with Crippen molar-refractivity contribution in [1.29, 1.82) is 0 Å². The molecular formula is C6H12N2. The monoisotopic (exact) mass is 112 g/mol. The summed E-state index contributed by atoms with van der Waals surface area (Å²) in [6.45, 7) is 7.78. The zero-order valence-corrected chi connectivity index (χ0v) is 5.22. The van der Waals surface area contributed by atoms with Crippen LogP contribution in [-0.2, 0) is 0 Å². The molecule has 2 nitrogen and oxygen atoms in total. The van der Waals surface area contributed by atoms with E-state index in [1.165, 1.54) is 0 Å². The highest BCUT2D eigenvalue weighted by molar-refractivity contribution is 4.98. The Morgan fingerprint density at radius 1 is 1.75 bits per heavy atom. The van der Waals surface area contributed by atoms with Crippen LogP contribution in [0.4, 0.5) is 0 Å². The summed E-state index contributed by atoms with van der Waals surface area (Å²) >= 11 is 0. The van der Waals surface area contributed by atoms with Crippen LogP contribution in [0.15, 0.2) is 12.3 Å². The van der Waals surface area contributed by atoms with Gasteiger partial charge in [-0.15, -0.1) is 0 Å². The van der Waals surface area contributed by atoms with Crippen molar-refractivity contribution in [1.82, 2.24) is 4.90 Å². The zero-order chi connectivity index (χ0) is 6.15. The van der Waals surface area contributed by atoms with Crippen LogP contribution in [-0.4, -0.2) is 24.0 Å². The fourth-order valence-electron chi connectivity index (χ4n) is 0.824. The van der Waals surface area contributed by atoms with E-state index in [0.717, 1.165) is 18.8 Å². The Balaban J connectivity index is 2.25. The number of nitrogens with zero attached hydrogens (tertiary/aromatic N) is 1. The average molecular weight is 112 g/mol. The van der Waals surface area contributed by atoms with E-state index in [0.29, 0.717) is 6.04 Å². The Hall–Kier alpha value is -0.500. The first-order valence-corrected chi connectivity index (χ1v) is 2.86. The van der Waals surface area contributed by atoms with Crippen LogP contribution in [0.3, 0.4) is 0 Å². The second-order valence-corrected chi connectivity index (χ2v) is 2.40. The molecule has 2 N–H and O–H groups in total. The summed E-state index contributed by atoms with van der Waals surface area (Å²) in [4.78, 5) is 2.17. The van der Waals surface area contributed by atoms with Crippen molar-refractivity contribution >= 4 is 0 Å². The molecule has 0 amide bonds. The van der Waals surface area contributed by atoms with E-state index < -0.39 is 0 Å². The summed E-state index contributed by atoms with van der Waals surface area (Å²) < 4.78 is 0. The average Bonchev–Trinajstić information content (AvgIpc) is 1.57. The highest BCUT2D eigenvalue weighted by Crippen LogP contribution is 2.10. The quantitative estimate of drug-likeness (QED) is 0.523. The van der Waals surface area contributed by atoms with E-state index in [9.17, 15) is 0 Å². The molecular weight excluding hydrogens is 100 g/mol. The van der Waals surface area contributed by atoms with Gasteiger partial charge >= 0.3 is 0 Å². The minimum Gasteiger partial charge on any atom is -0.372 e. The van der Waals surface area contributed by atoms with E-state index in [4.69, 9.17) is 5.73 Å². The van der Waals surface area contributed by atoms with Crippen LogP contribution >= 0.6 is 0 Å². The van der Waals surface area contributed by atoms with Crippen LogP contribution in [0, 0.1) is 0 Å². The van der Waals surface area contributed by atoms with Crippen LogP contribution in [0.5, 0.6) is 0 Å². The molecule has 0 unspecified atom stereocenters. The van der Waals surface area contributed by atoms with E-state index in [1.807, 2.05) is 6.92 Å². The van der Waals surface area contributed by atoms with Crippen molar-refractivity contribution in [2.24, 2.45) is 5.73 Å². The molecule has 1 rings (SSSR count). The first kappa shape index (κ1) is 5.63. The summed E-state index contributed by atoms with van der Waals surface area (Å²) in [6, 6.07) is 0.395. The minimum absolute atomic E-state index is 0.395. The van der Waals surface area contributed by atoms with Crippen LogP contribution < -0.4 is 5.73 Å². The highest BCUT2D eigenvalue weighted by atomic mass is 15.2. The fourth-order valence-corrected chi connectivity index (χ4v) is 0.824. The number of allylic oxidation sites excluding steroid dienone is 1. The molecule has 0 aromatic carbocycles. The lowest BCUT2D eigenvalue weighted by molar-refractivity contribution is 0.202. The van der Waals surface area contributed by atoms with Gasteiger partial charge in [-0.25, -0.2) is 0 Å². The lowest BCUT2D eigenvalue weighted by Crippen LogP contribution is -2.54. The second-order valence-electron chi connectivity index (χ2n) is 2.40. The lowest BCUT2D eigenvalue weighted by atomic mass is 10.1. The maximum Gasteiger partial charge on any atom is 0.0395 e. The largest absolute Gasteiger partial charge is 0.372 e. The van der Waals surface area contributed by atoms with Gasteiger partial charge in [-0.1, -0.05) is 6.58 Å². The van der Waals surface area contributed by atoms with Gasteiger partial charge in [0.1, 0.15) is 0 Å². The van der Waals surface area contributed by atoms with Crippen molar-refractivity contribution in [3.63, 3.8) is 0 Å². The highest BCUT2D eigenvalue weighted by Gasteiger charge is 2.21. The molecule has 0 saturated carbocycles. The topological polar surface area (TPSA) is 29.3 Å². The standard InChI is InChI=1S/C6H12N2/c1-5(2)8-3-6(7)4-8/h6H,1,3-4,7H2,2H3. The summed E-state index contributed by atoms with van der Waals surface area (Å²) in [5, 5.41) is 0. The van der Waals surface area contributed by atoms with Crippen molar-refractivity contribution in [2.45, 2.75) is 13.0 Å². The van der Waals surface area contributed by atoms with Gasteiger partial charge in [0, 0.05) is 24.8 Å². The molecule has 0 spiro atoms. The summed E-state index contributed by atoms with van der Waals surface area (Å²) in [5.74, 6) is 0. The van der Waals surface area contributed by atoms with Gasteiger partial charge in [0.15, 0.2) is 0 Å². The van der Waals surface area contributed by atoms with Crippen LogP contribution in [0.2, 0.25) is 0 Å². The first-order chi connectivity index (χ1) is 3.70. The predicted octanol–water partition coefficient (Wildman–Crippen LogP) is 0.163. The maximum atomic E-state index is 5.52. The van der Waals surface area contributed by atoms with Crippen molar-refractivity contribution in [3.05, 3.63) is 12.3 Å². The Kier molecular flexibility index (Phi) is 1.26. The molecule has 0 atom stereocenters. The molecule has 1 aliphatic rings. The normalized spacial score (nSPS) is 20.5. The zero-order valence-electron chi connectivity index (χ0n) is 5.22. The number of nitrogens with two attached hydrogens (primary N) is 1. The first-order valence-electron chi connectivity index (χ1n) is 2.86. The summed E-state index contributed by atoms with van der Waals surface area (Å²) in [5.41, 5.74) is 6.66. The van der Waals surface area contributed by atoms with Crippen molar-refractivity contribution < 1.29 is 0 Å². The van der Waals surface area contributed by atoms with Gasteiger partial charge in [-0.05, 0) is 6.92 Å². The van der Waals surface area contributed by atoms with Crippen LogP contribution in [0.1, 0.15) is 6.92 Å². The molecule has 1 aliphatic heterocycles. The molecule has 1 fully saturated rings. The molecule has 8 heavy (non-hydrogen) atoms. The Morgan fingerprint density at radius 3 is 2.38 bits per heavy atom. The van der Waals surface area contributed by atoms with E-state index in [1.54, 1.807) is 0 Å². The predicted molar refractivity (Wildman–Crippen MR) is 34.4 cm³/mol. The molecule has 0 radical (unpaired) electrons. The van der Waals surface area contributed by atoms with Crippen molar-refractivity contribution in [3.8, 4) is 0 Å². The van der Waals surface area contributed by atoms with E-state index in [2.05, 4.69) is 11.5 Å². The Morgan fingerprint density at radius 2 is 2.25 bits per heavy atom. The molecule has 0 aromatic rings. The SMILES string of the molecule is C=C(C)N1CC(N)C1. The minimum atomic E-state index is 0.395. The number of likely N-dealkylation sites (tertiary alicyclic amines) is 1. The van der Waals surface area contributed by atoms with Crippen LogP contribution in [0.25, 0.3) is 0 Å². The number of hydrogen-bond acceptors (Lipinski definition) is 2. The second kappa shape index (κ2) is 1.78. The third-order valence-corrected chi connectivity index (χ3v) is 1.45. The van der Waals surface area contributed by atoms with E-state index >= 15 is 0 Å². The Bertz CT molecular complexity index is 103. The van der Waals surface area contributed by atoms with Gasteiger partial charge in [-0.2, -0.15) is 0 Å². The maximum absolute atomic E-state index is 5.52. The van der Waals surface area contributed by atoms with Crippen molar-refractivity contribution in [2.75, 3.05) is 13.1 Å². The van der Waals surface area contributed by atoms with Gasteiger partial charge in [0.25, 0.3) is 0 Å². The molecule has 1 saturated heterocycles. The third-order valence-electron chi connectivity index (χ3n) is 1.45.